The summed E-state index contributed by atoms with van der Waals surface area (Å²) in [6.07, 6.45) is 0.873. The van der Waals surface area contributed by atoms with Crippen molar-refractivity contribution < 1.29 is 14.6 Å². The first kappa shape index (κ1) is 14.7. The predicted octanol–water partition coefficient (Wildman–Crippen LogP) is 3.71. The standard InChI is InChI=1S/C17H17IO3/c1-17(19,12-3-6-14(18)7-4-12)13-5-8-15-16(11-13)21-10-2-9-20-15/h3-8,11,19H,2,9-10H2,1H3. The Labute approximate surface area is 138 Å². The molecule has 21 heavy (non-hydrogen) atoms. The number of aliphatic hydroxyl groups is 1. The second-order valence-electron chi connectivity index (χ2n) is 5.29. The van der Waals surface area contributed by atoms with Crippen LogP contribution in [0, 0.1) is 3.57 Å². The summed E-state index contributed by atoms with van der Waals surface area (Å²) in [7, 11) is 0. The van der Waals surface area contributed by atoms with Crippen LogP contribution in [0.15, 0.2) is 42.5 Å². The Kier molecular flexibility index (Phi) is 4.08. The molecular formula is C17H17IO3. The van der Waals surface area contributed by atoms with E-state index in [1.165, 1.54) is 0 Å². The van der Waals surface area contributed by atoms with Crippen molar-refractivity contribution >= 4 is 22.6 Å². The molecule has 1 heterocycles. The van der Waals surface area contributed by atoms with E-state index in [9.17, 15) is 5.11 Å². The van der Waals surface area contributed by atoms with Crippen LogP contribution in [0.25, 0.3) is 0 Å². The Morgan fingerprint density at radius 2 is 1.57 bits per heavy atom. The minimum atomic E-state index is -1.06. The molecular weight excluding hydrogens is 379 g/mol. The van der Waals surface area contributed by atoms with Crippen LogP contribution >= 0.6 is 22.6 Å². The summed E-state index contributed by atoms with van der Waals surface area (Å²) in [5.74, 6) is 1.45. The van der Waals surface area contributed by atoms with Crippen molar-refractivity contribution in [3.8, 4) is 11.5 Å². The summed E-state index contributed by atoms with van der Waals surface area (Å²) in [6, 6.07) is 13.5. The van der Waals surface area contributed by atoms with Gasteiger partial charge in [0.15, 0.2) is 11.5 Å². The lowest BCUT2D eigenvalue weighted by Crippen LogP contribution is -2.22. The third kappa shape index (κ3) is 3.01. The zero-order valence-electron chi connectivity index (χ0n) is 11.8. The van der Waals surface area contributed by atoms with Crippen molar-refractivity contribution in [2.75, 3.05) is 13.2 Å². The molecule has 1 atom stereocenters. The summed E-state index contributed by atoms with van der Waals surface area (Å²) < 4.78 is 12.5. The van der Waals surface area contributed by atoms with Crippen LogP contribution in [0.3, 0.4) is 0 Å². The summed E-state index contributed by atoms with van der Waals surface area (Å²) >= 11 is 2.25. The quantitative estimate of drug-likeness (QED) is 0.787. The van der Waals surface area contributed by atoms with Crippen LogP contribution < -0.4 is 9.47 Å². The van der Waals surface area contributed by atoms with Gasteiger partial charge in [0.05, 0.1) is 13.2 Å². The average Bonchev–Trinajstić information content (AvgIpc) is 2.72. The maximum absolute atomic E-state index is 10.9. The van der Waals surface area contributed by atoms with Crippen LogP contribution in [0.2, 0.25) is 0 Å². The van der Waals surface area contributed by atoms with Gasteiger partial charge in [-0.05, 0) is 64.9 Å². The van der Waals surface area contributed by atoms with Gasteiger partial charge in [0, 0.05) is 9.99 Å². The Bertz CT molecular complexity index is 635. The van der Waals surface area contributed by atoms with Gasteiger partial charge in [-0.2, -0.15) is 0 Å². The summed E-state index contributed by atoms with van der Waals surface area (Å²) in [6.45, 7) is 3.11. The normalized spacial score (nSPS) is 16.9. The van der Waals surface area contributed by atoms with Crippen LogP contribution in [0.5, 0.6) is 11.5 Å². The third-order valence-corrected chi connectivity index (χ3v) is 4.44. The lowest BCUT2D eigenvalue weighted by molar-refractivity contribution is 0.102. The van der Waals surface area contributed by atoms with E-state index in [-0.39, 0.29) is 0 Å². The van der Waals surface area contributed by atoms with Crippen LogP contribution in [0.1, 0.15) is 24.5 Å². The van der Waals surface area contributed by atoms with Gasteiger partial charge >= 0.3 is 0 Å². The number of hydrogen-bond donors (Lipinski definition) is 1. The maximum Gasteiger partial charge on any atom is 0.161 e. The van der Waals surface area contributed by atoms with Gasteiger partial charge in [0.1, 0.15) is 5.60 Å². The Hall–Kier alpha value is -1.27. The molecule has 1 N–H and O–H groups in total. The third-order valence-electron chi connectivity index (χ3n) is 3.72. The second kappa shape index (κ2) is 5.85. The molecule has 0 radical (unpaired) electrons. The number of rotatable bonds is 2. The van der Waals surface area contributed by atoms with E-state index >= 15 is 0 Å². The SMILES string of the molecule is CC(O)(c1ccc(I)cc1)c1ccc2c(c1)OCCCO2. The molecule has 0 fully saturated rings. The van der Waals surface area contributed by atoms with E-state index in [1.807, 2.05) is 42.5 Å². The smallest absolute Gasteiger partial charge is 0.161 e. The molecule has 0 amide bonds. The molecule has 1 aliphatic rings. The highest BCUT2D eigenvalue weighted by molar-refractivity contribution is 14.1. The molecule has 3 rings (SSSR count). The largest absolute Gasteiger partial charge is 0.490 e. The molecule has 0 bridgehead atoms. The van der Waals surface area contributed by atoms with Gasteiger partial charge in [0.25, 0.3) is 0 Å². The molecule has 3 nitrogen and oxygen atoms in total. The van der Waals surface area contributed by atoms with E-state index in [2.05, 4.69) is 22.6 Å². The Balaban J connectivity index is 1.98. The lowest BCUT2D eigenvalue weighted by atomic mass is 9.88. The zero-order chi connectivity index (χ0) is 14.9. The van der Waals surface area contributed by atoms with Gasteiger partial charge in [-0.15, -0.1) is 0 Å². The fraction of sp³-hybridized carbons (Fsp3) is 0.294. The van der Waals surface area contributed by atoms with Gasteiger partial charge in [0.2, 0.25) is 0 Å². The van der Waals surface area contributed by atoms with E-state index < -0.39 is 5.60 Å². The predicted molar refractivity (Wildman–Crippen MR) is 89.9 cm³/mol. The van der Waals surface area contributed by atoms with E-state index in [0.717, 1.165) is 26.9 Å². The van der Waals surface area contributed by atoms with Crippen molar-refractivity contribution in [1.29, 1.82) is 0 Å². The second-order valence-corrected chi connectivity index (χ2v) is 6.54. The van der Waals surface area contributed by atoms with Crippen molar-refractivity contribution in [1.82, 2.24) is 0 Å². The molecule has 2 aromatic carbocycles. The minimum Gasteiger partial charge on any atom is -0.490 e. The Morgan fingerprint density at radius 3 is 2.29 bits per heavy atom. The Morgan fingerprint density at radius 1 is 0.952 bits per heavy atom. The maximum atomic E-state index is 10.9. The molecule has 0 spiro atoms. The number of fused-ring (bicyclic) bond motifs is 1. The summed E-state index contributed by atoms with van der Waals surface area (Å²) in [4.78, 5) is 0. The molecule has 0 aliphatic carbocycles. The van der Waals surface area contributed by atoms with Crippen LogP contribution in [-0.4, -0.2) is 18.3 Å². The molecule has 1 aliphatic heterocycles. The number of hydrogen-bond acceptors (Lipinski definition) is 3. The molecule has 4 heteroatoms. The fourth-order valence-corrected chi connectivity index (χ4v) is 2.77. The highest BCUT2D eigenvalue weighted by Gasteiger charge is 2.27. The number of halogens is 1. The molecule has 0 saturated carbocycles. The molecule has 1 unspecified atom stereocenters. The topological polar surface area (TPSA) is 38.7 Å². The summed E-state index contributed by atoms with van der Waals surface area (Å²) in [5.41, 5.74) is 0.597. The van der Waals surface area contributed by atoms with Crippen LogP contribution in [0.4, 0.5) is 0 Å². The first-order valence-electron chi connectivity index (χ1n) is 6.96. The van der Waals surface area contributed by atoms with E-state index in [0.29, 0.717) is 19.0 Å². The van der Waals surface area contributed by atoms with Crippen molar-refractivity contribution in [3.63, 3.8) is 0 Å². The van der Waals surface area contributed by atoms with Gasteiger partial charge in [-0.1, -0.05) is 18.2 Å². The number of benzene rings is 2. The average molecular weight is 396 g/mol. The fourth-order valence-electron chi connectivity index (χ4n) is 2.41. The number of ether oxygens (including phenoxy) is 2. The lowest BCUT2D eigenvalue weighted by Gasteiger charge is -2.25. The van der Waals surface area contributed by atoms with E-state index in [1.54, 1.807) is 6.92 Å². The van der Waals surface area contributed by atoms with Gasteiger partial charge < -0.3 is 14.6 Å². The first-order valence-corrected chi connectivity index (χ1v) is 8.04. The molecule has 0 aromatic heterocycles. The van der Waals surface area contributed by atoms with Crippen molar-refractivity contribution in [2.24, 2.45) is 0 Å². The summed E-state index contributed by atoms with van der Waals surface area (Å²) in [5, 5.41) is 10.9. The molecule has 0 saturated heterocycles. The van der Waals surface area contributed by atoms with Crippen LogP contribution in [-0.2, 0) is 5.60 Å². The highest BCUT2D eigenvalue weighted by Crippen LogP contribution is 2.36. The molecule has 110 valence electrons. The van der Waals surface area contributed by atoms with Crippen molar-refractivity contribution in [2.45, 2.75) is 18.9 Å². The van der Waals surface area contributed by atoms with Gasteiger partial charge in [-0.3, -0.25) is 0 Å². The van der Waals surface area contributed by atoms with Crippen molar-refractivity contribution in [3.05, 3.63) is 57.2 Å². The minimum absolute atomic E-state index is 0.641. The molecule has 2 aromatic rings. The first-order chi connectivity index (χ1) is 10.1. The monoisotopic (exact) mass is 396 g/mol. The highest BCUT2D eigenvalue weighted by atomic mass is 127. The zero-order valence-corrected chi connectivity index (χ0v) is 14.0. The van der Waals surface area contributed by atoms with E-state index in [4.69, 9.17) is 9.47 Å². The van der Waals surface area contributed by atoms with Gasteiger partial charge in [-0.25, -0.2) is 0 Å².